The van der Waals surface area contributed by atoms with E-state index in [0.717, 1.165) is 12.8 Å². The Kier molecular flexibility index (Phi) is 4.58. The number of carbonyl (C=O) groups excluding carboxylic acids is 2. The molecule has 0 aromatic rings. The molecular weight excluding hydrogens is 234 g/mol. The largest absolute Gasteiger partial charge is 0.464 e. The van der Waals surface area contributed by atoms with Gasteiger partial charge in [0.05, 0.1) is 12.7 Å². The molecule has 5 nitrogen and oxygen atoms in total. The van der Waals surface area contributed by atoms with E-state index in [0.29, 0.717) is 25.5 Å². The van der Waals surface area contributed by atoms with E-state index in [1.807, 2.05) is 0 Å². The summed E-state index contributed by atoms with van der Waals surface area (Å²) in [5.74, 6) is 0.464. The van der Waals surface area contributed by atoms with Gasteiger partial charge in [-0.15, -0.1) is 0 Å². The Morgan fingerprint density at radius 2 is 2.28 bits per heavy atom. The zero-order valence-electron chi connectivity index (χ0n) is 10.8. The predicted octanol–water partition coefficient (Wildman–Crippen LogP) is 0.869. The number of hydrogen-bond donors (Lipinski definition) is 1. The Morgan fingerprint density at radius 1 is 1.50 bits per heavy atom. The Balaban J connectivity index is 1.95. The van der Waals surface area contributed by atoms with Gasteiger partial charge in [-0.05, 0) is 44.4 Å². The summed E-state index contributed by atoms with van der Waals surface area (Å²) in [6, 6.07) is -0.521. The smallest absolute Gasteiger partial charge is 0.328 e. The van der Waals surface area contributed by atoms with Crippen molar-refractivity contribution in [2.75, 3.05) is 13.2 Å². The molecule has 1 aliphatic heterocycles. The molecule has 5 heteroatoms. The van der Waals surface area contributed by atoms with Crippen molar-refractivity contribution < 1.29 is 19.1 Å². The highest BCUT2D eigenvalue weighted by atomic mass is 16.5. The fourth-order valence-corrected chi connectivity index (χ4v) is 2.66. The first kappa shape index (κ1) is 13.3. The number of esters is 1. The molecule has 0 aromatic carbocycles. The highest BCUT2D eigenvalue weighted by molar-refractivity contribution is 5.78. The molecule has 1 saturated carbocycles. The van der Waals surface area contributed by atoms with Crippen LogP contribution in [0.25, 0.3) is 0 Å². The maximum Gasteiger partial charge on any atom is 0.328 e. The number of ether oxygens (including phenoxy) is 2. The number of hydrogen-bond acceptors (Lipinski definition) is 4. The third-order valence-electron chi connectivity index (χ3n) is 3.76. The van der Waals surface area contributed by atoms with Gasteiger partial charge in [0.15, 0.2) is 0 Å². The van der Waals surface area contributed by atoms with E-state index in [1.54, 1.807) is 6.92 Å². The Labute approximate surface area is 107 Å². The second kappa shape index (κ2) is 6.18. The summed E-state index contributed by atoms with van der Waals surface area (Å²) in [6.07, 6.45) is 4.94. The molecule has 102 valence electrons. The molecule has 0 aromatic heterocycles. The molecule has 0 spiro atoms. The monoisotopic (exact) mass is 255 g/mol. The lowest BCUT2D eigenvalue weighted by atomic mass is 9.87. The topological polar surface area (TPSA) is 64.6 Å². The lowest BCUT2D eigenvalue weighted by Crippen LogP contribution is -2.47. The first-order valence-corrected chi connectivity index (χ1v) is 6.74. The molecule has 2 aliphatic rings. The third kappa shape index (κ3) is 3.22. The molecule has 0 radical (unpaired) electrons. The molecular formula is C13H21NO4. The molecule has 1 aliphatic carbocycles. The van der Waals surface area contributed by atoms with Gasteiger partial charge in [0.1, 0.15) is 6.04 Å². The lowest BCUT2D eigenvalue weighted by molar-refractivity contribution is -0.150. The van der Waals surface area contributed by atoms with Crippen LogP contribution in [0.5, 0.6) is 0 Å². The normalized spacial score (nSPS) is 29.4. The summed E-state index contributed by atoms with van der Waals surface area (Å²) in [4.78, 5) is 22.5. The van der Waals surface area contributed by atoms with Crippen molar-refractivity contribution >= 4 is 12.4 Å². The van der Waals surface area contributed by atoms with Crippen LogP contribution in [0.3, 0.4) is 0 Å². The van der Waals surface area contributed by atoms with E-state index < -0.39 is 6.04 Å². The van der Waals surface area contributed by atoms with E-state index in [2.05, 4.69) is 5.32 Å². The van der Waals surface area contributed by atoms with Crippen LogP contribution in [0.4, 0.5) is 0 Å². The van der Waals surface area contributed by atoms with E-state index in [4.69, 9.17) is 9.47 Å². The van der Waals surface area contributed by atoms with Crippen molar-refractivity contribution in [1.82, 2.24) is 5.32 Å². The van der Waals surface area contributed by atoms with Crippen LogP contribution in [-0.2, 0) is 19.1 Å². The minimum absolute atomic E-state index is 0.133. The molecule has 2 fully saturated rings. The van der Waals surface area contributed by atoms with Crippen molar-refractivity contribution in [2.24, 2.45) is 11.8 Å². The molecule has 18 heavy (non-hydrogen) atoms. The van der Waals surface area contributed by atoms with E-state index >= 15 is 0 Å². The quantitative estimate of drug-likeness (QED) is 0.565. The molecule has 1 heterocycles. The van der Waals surface area contributed by atoms with Crippen molar-refractivity contribution in [3.63, 3.8) is 0 Å². The van der Waals surface area contributed by atoms with Gasteiger partial charge in [-0.2, -0.15) is 0 Å². The standard InChI is InChI=1S/C13H21NO4/c1-2-17-13(16)12(14-8-15)10-5-6-18-11(7-10)9-3-4-9/h8-12H,2-7H2,1H3,(H,14,15)/t10-,11-,12+/m1/s1. The number of amides is 1. The minimum Gasteiger partial charge on any atom is -0.464 e. The maximum atomic E-state index is 11.8. The van der Waals surface area contributed by atoms with Gasteiger partial charge in [0.25, 0.3) is 0 Å². The first-order chi connectivity index (χ1) is 8.76. The van der Waals surface area contributed by atoms with Crippen LogP contribution in [0.2, 0.25) is 0 Å². The Bertz CT molecular complexity index is 303. The summed E-state index contributed by atoms with van der Waals surface area (Å²) in [7, 11) is 0. The van der Waals surface area contributed by atoms with Crippen LogP contribution in [0, 0.1) is 11.8 Å². The molecule has 1 N–H and O–H groups in total. The van der Waals surface area contributed by atoms with Crippen molar-refractivity contribution in [3.05, 3.63) is 0 Å². The summed E-state index contributed by atoms with van der Waals surface area (Å²) >= 11 is 0. The van der Waals surface area contributed by atoms with Gasteiger partial charge >= 0.3 is 5.97 Å². The van der Waals surface area contributed by atoms with Gasteiger partial charge in [0, 0.05) is 6.61 Å². The number of carbonyl (C=O) groups is 2. The number of nitrogens with one attached hydrogen (secondary N) is 1. The lowest BCUT2D eigenvalue weighted by Gasteiger charge is -2.33. The van der Waals surface area contributed by atoms with Crippen LogP contribution in [0.15, 0.2) is 0 Å². The van der Waals surface area contributed by atoms with Gasteiger partial charge in [-0.3, -0.25) is 4.79 Å². The minimum atomic E-state index is -0.521. The van der Waals surface area contributed by atoms with Crippen molar-refractivity contribution in [1.29, 1.82) is 0 Å². The zero-order chi connectivity index (χ0) is 13.0. The highest BCUT2D eigenvalue weighted by Gasteiger charge is 2.40. The summed E-state index contributed by atoms with van der Waals surface area (Å²) in [6.45, 7) is 2.78. The van der Waals surface area contributed by atoms with Crippen LogP contribution < -0.4 is 5.32 Å². The maximum absolute atomic E-state index is 11.8. The van der Waals surface area contributed by atoms with Gasteiger partial charge in [-0.25, -0.2) is 4.79 Å². The van der Waals surface area contributed by atoms with Gasteiger partial charge < -0.3 is 14.8 Å². The zero-order valence-corrected chi connectivity index (χ0v) is 10.8. The Morgan fingerprint density at radius 3 is 2.89 bits per heavy atom. The second-order valence-corrected chi connectivity index (χ2v) is 5.05. The number of rotatable bonds is 6. The Hall–Kier alpha value is -1.10. The third-order valence-corrected chi connectivity index (χ3v) is 3.76. The van der Waals surface area contributed by atoms with Crippen molar-refractivity contribution in [3.8, 4) is 0 Å². The van der Waals surface area contributed by atoms with E-state index in [9.17, 15) is 9.59 Å². The van der Waals surface area contributed by atoms with E-state index in [-0.39, 0.29) is 18.0 Å². The van der Waals surface area contributed by atoms with Gasteiger partial charge in [0.2, 0.25) is 6.41 Å². The molecule has 2 rings (SSSR count). The molecule has 3 atom stereocenters. The van der Waals surface area contributed by atoms with E-state index in [1.165, 1.54) is 12.8 Å². The van der Waals surface area contributed by atoms with Crippen LogP contribution >= 0.6 is 0 Å². The first-order valence-electron chi connectivity index (χ1n) is 6.74. The SMILES string of the molecule is CCOC(=O)[C@@H](NC=O)[C@@H]1CCO[C@@H](C2CC2)C1. The molecule has 0 bridgehead atoms. The fraction of sp³-hybridized carbons (Fsp3) is 0.846. The molecule has 0 unspecified atom stereocenters. The van der Waals surface area contributed by atoms with Crippen molar-refractivity contribution in [2.45, 2.75) is 44.8 Å². The molecule has 1 amide bonds. The van der Waals surface area contributed by atoms with Crippen LogP contribution in [0.1, 0.15) is 32.6 Å². The molecule has 1 saturated heterocycles. The fourth-order valence-electron chi connectivity index (χ4n) is 2.66. The second-order valence-electron chi connectivity index (χ2n) is 5.05. The summed E-state index contributed by atoms with van der Waals surface area (Å²) in [5, 5.41) is 2.61. The predicted molar refractivity (Wildman–Crippen MR) is 64.8 cm³/mol. The average molecular weight is 255 g/mol. The van der Waals surface area contributed by atoms with Gasteiger partial charge in [-0.1, -0.05) is 0 Å². The average Bonchev–Trinajstić information content (AvgIpc) is 3.20. The highest BCUT2D eigenvalue weighted by Crippen LogP contribution is 2.40. The van der Waals surface area contributed by atoms with Crippen LogP contribution in [-0.4, -0.2) is 37.7 Å². The summed E-state index contributed by atoms with van der Waals surface area (Å²) in [5.41, 5.74) is 0. The summed E-state index contributed by atoms with van der Waals surface area (Å²) < 4.78 is 10.8.